The molecule has 16 heavy (non-hydrogen) atoms. The summed E-state index contributed by atoms with van der Waals surface area (Å²) in [6.45, 7) is 2.41. The molecule has 0 bridgehead atoms. The Hall–Kier alpha value is -1.55. The zero-order valence-electron chi connectivity index (χ0n) is 9.32. The average Bonchev–Trinajstić information content (AvgIpc) is 2.65. The third-order valence-corrected chi connectivity index (χ3v) is 2.61. The number of fused-ring (bicyclic) bond motifs is 1. The fraction of sp³-hybridized carbons (Fsp3) is 0.417. The predicted octanol–water partition coefficient (Wildman–Crippen LogP) is 0.950. The summed E-state index contributed by atoms with van der Waals surface area (Å²) >= 11 is 0. The number of hydrogen-bond donors (Lipinski definition) is 2. The largest absolute Gasteiger partial charge is 0.490 e. The molecule has 1 aliphatic heterocycles. The van der Waals surface area contributed by atoms with Gasteiger partial charge in [0.25, 0.3) is 0 Å². The normalized spacial score (nSPS) is 17.8. The van der Waals surface area contributed by atoms with Crippen molar-refractivity contribution in [2.24, 2.45) is 5.73 Å². The van der Waals surface area contributed by atoms with Crippen molar-refractivity contribution < 1.29 is 9.53 Å². The third kappa shape index (κ3) is 2.33. The van der Waals surface area contributed by atoms with Crippen molar-refractivity contribution in [1.29, 1.82) is 0 Å². The molecule has 0 aliphatic carbocycles. The highest BCUT2D eigenvalue weighted by Gasteiger charge is 2.18. The minimum Gasteiger partial charge on any atom is -0.490 e. The quantitative estimate of drug-likeness (QED) is 0.793. The number of Topliss-reactive ketones (excluding diaryl/α,β-unsaturated/α-hetero) is 1. The summed E-state index contributed by atoms with van der Waals surface area (Å²) in [6, 6.07) is 5.89. The van der Waals surface area contributed by atoms with Crippen LogP contribution in [0.25, 0.3) is 0 Å². The van der Waals surface area contributed by atoms with Crippen LogP contribution in [0.15, 0.2) is 18.2 Å². The second-order valence-electron chi connectivity index (χ2n) is 4.05. The van der Waals surface area contributed by atoms with Crippen LogP contribution in [0.2, 0.25) is 0 Å². The summed E-state index contributed by atoms with van der Waals surface area (Å²) in [5, 5.41) is 3.05. The summed E-state index contributed by atoms with van der Waals surface area (Å²) in [5.74, 6) is 0.952. The van der Waals surface area contributed by atoms with Crippen LogP contribution in [0.3, 0.4) is 0 Å². The van der Waals surface area contributed by atoms with Gasteiger partial charge in [0.1, 0.15) is 11.9 Å². The van der Waals surface area contributed by atoms with E-state index in [4.69, 9.17) is 10.5 Å². The van der Waals surface area contributed by atoms with E-state index in [2.05, 4.69) is 5.32 Å². The second kappa shape index (κ2) is 4.53. The van der Waals surface area contributed by atoms with Crippen molar-refractivity contribution in [2.45, 2.75) is 19.4 Å². The minimum atomic E-state index is 0.00474. The highest BCUT2D eigenvalue weighted by Crippen LogP contribution is 2.30. The molecule has 0 radical (unpaired) electrons. The van der Waals surface area contributed by atoms with Gasteiger partial charge in [-0.25, -0.2) is 0 Å². The van der Waals surface area contributed by atoms with Crippen molar-refractivity contribution in [3.05, 3.63) is 23.8 Å². The van der Waals surface area contributed by atoms with E-state index < -0.39 is 0 Å². The zero-order chi connectivity index (χ0) is 11.5. The molecule has 0 saturated heterocycles. The van der Waals surface area contributed by atoms with Gasteiger partial charge in [0.2, 0.25) is 0 Å². The Bertz CT molecular complexity index is 404. The number of anilines is 1. The van der Waals surface area contributed by atoms with Gasteiger partial charge in [0.15, 0.2) is 5.78 Å². The van der Waals surface area contributed by atoms with Crippen LogP contribution in [-0.2, 0) is 11.2 Å². The fourth-order valence-electron chi connectivity index (χ4n) is 1.80. The van der Waals surface area contributed by atoms with Crippen molar-refractivity contribution in [1.82, 2.24) is 0 Å². The van der Waals surface area contributed by atoms with E-state index in [0.29, 0.717) is 0 Å². The van der Waals surface area contributed by atoms with Crippen molar-refractivity contribution in [2.75, 3.05) is 18.4 Å². The average molecular weight is 220 g/mol. The fourth-order valence-corrected chi connectivity index (χ4v) is 1.80. The molecule has 0 spiro atoms. The Labute approximate surface area is 94.8 Å². The number of nitrogens with two attached hydrogens (primary N) is 1. The number of ketones is 1. The molecule has 1 aromatic carbocycles. The molecule has 0 fully saturated rings. The minimum absolute atomic E-state index is 0.00474. The van der Waals surface area contributed by atoms with Crippen LogP contribution < -0.4 is 15.8 Å². The van der Waals surface area contributed by atoms with Gasteiger partial charge in [-0.3, -0.25) is 4.79 Å². The Balaban J connectivity index is 2.02. The molecular formula is C12H16N2O2. The summed E-state index contributed by atoms with van der Waals surface area (Å²) in [5.41, 5.74) is 7.37. The van der Waals surface area contributed by atoms with E-state index in [-0.39, 0.29) is 25.0 Å². The molecule has 4 nitrogen and oxygen atoms in total. The zero-order valence-corrected chi connectivity index (χ0v) is 9.32. The molecule has 3 N–H and O–H groups in total. The second-order valence-corrected chi connectivity index (χ2v) is 4.05. The maximum Gasteiger partial charge on any atom is 0.165 e. The van der Waals surface area contributed by atoms with Crippen molar-refractivity contribution in [3.8, 4) is 5.75 Å². The molecule has 86 valence electrons. The first-order valence-electron chi connectivity index (χ1n) is 5.44. The van der Waals surface area contributed by atoms with Crippen molar-refractivity contribution >= 4 is 11.5 Å². The van der Waals surface area contributed by atoms with Gasteiger partial charge in [-0.15, -0.1) is 0 Å². The lowest BCUT2D eigenvalue weighted by Crippen LogP contribution is -2.22. The first kappa shape index (κ1) is 11.0. The number of benzene rings is 1. The summed E-state index contributed by atoms with van der Waals surface area (Å²) < 4.78 is 5.59. The molecule has 0 saturated carbocycles. The maximum atomic E-state index is 11.1. The topological polar surface area (TPSA) is 64.4 Å². The van der Waals surface area contributed by atoms with Gasteiger partial charge in [-0.1, -0.05) is 0 Å². The summed E-state index contributed by atoms with van der Waals surface area (Å²) in [7, 11) is 0. The highest BCUT2D eigenvalue weighted by atomic mass is 16.5. The SMILES string of the molecule is CC1Cc2cc(NCC(=O)CN)ccc2O1. The van der Waals surface area contributed by atoms with Gasteiger partial charge >= 0.3 is 0 Å². The third-order valence-electron chi connectivity index (χ3n) is 2.61. The van der Waals surface area contributed by atoms with E-state index in [0.717, 1.165) is 17.9 Å². The number of rotatable bonds is 4. The molecule has 2 rings (SSSR count). The number of carbonyl (C=O) groups excluding carboxylic acids is 1. The van der Waals surface area contributed by atoms with E-state index in [1.54, 1.807) is 0 Å². The van der Waals surface area contributed by atoms with E-state index in [9.17, 15) is 4.79 Å². The Kier molecular flexibility index (Phi) is 3.10. The molecule has 4 heteroatoms. The van der Waals surface area contributed by atoms with Gasteiger partial charge in [-0.2, -0.15) is 0 Å². The van der Waals surface area contributed by atoms with E-state index in [1.807, 2.05) is 25.1 Å². The number of hydrogen-bond acceptors (Lipinski definition) is 4. The van der Waals surface area contributed by atoms with E-state index >= 15 is 0 Å². The predicted molar refractivity (Wildman–Crippen MR) is 62.8 cm³/mol. The number of ether oxygens (including phenoxy) is 1. The number of carbonyl (C=O) groups is 1. The molecule has 0 amide bonds. The summed E-state index contributed by atoms with van der Waals surface area (Å²) in [4.78, 5) is 11.1. The highest BCUT2D eigenvalue weighted by molar-refractivity contribution is 5.84. The lowest BCUT2D eigenvalue weighted by molar-refractivity contribution is -0.116. The van der Waals surface area contributed by atoms with Crippen LogP contribution >= 0.6 is 0 Å². The lowest BCUT2D eigenvalue weighted by Gasteiger charge is -2.06. The Morgan fingerprint density at radius 2 is 2.44 bits per heavy atom. The smallest absolute Gasteiger partial charge is 0.165 e. The van der Waals surface area contributed by atoms with Crippen LogP contribution in [-0.4, -0.2) is 25.0 Å². The van der Waals surface area contributed by atoms with Crippen LogP contribution in [0, 0.1) is 0 Å². The molecule has 1 heterocycles. The number of nitrogens with one attached hydrogen (secondary N) is 1. The van der Waals surface area contributed by atoms with E-state index in [1.165, 1.54) is 5.56 Å². The summed E-state index contributed by atoms with van der Waals surface area (Å²) in [6.07, 6.45) is 1.17. The van der Waals surface area contributed by atoms with Crippen molar-refractivity contribution in [3.63, 3.8) is 0 Å². The molecule has 1 unspecified atom stereocenters. The van der Waals surface area contributed by atoms with Crippen LogP contribution in [0.4, 0.5) is 5.69 Å². The first-order valence-corrected chi connectivity index (χ1v) is 5.44. The molecule has 1 aliphatic rings. The standard InChI is InChI=1S/C12H16N2O2/c1-8-4-9-5-10(2-3-12(9)16-8)14-7-11(15)6-13/h2-3,5,8,14H,4,6-7,13H2,1H3. The van der Waals surface area contributed by atoms with Crippen LogP contribution in [0.1, 0.15) is 12.5 Å². The maximum absolute atomic E-state index is 11.1. The molecule has 0 aromatic heterocycles. The van der Waals surface area contributed by atoms with Gasteiger partial charge in [0, 0.05) is 12.1 Å². The first-order chi connectivity index (χ1) is 7.69. The van der Waals surface area contributed by atoms with Crippen LogP contribution in [0.5, 0.6) is 5.75 Å². The monoisotopic (exact) mass is 220 g/mol. The van der Waals surface area contributed by atoms with Gasteiger partial charge in [-0.05, 0) is 30.7 Å². The molecule has 1 atom stereocenters. The molecule has 1 aromatic rings. The lowest BCUT2D eigenvalue weighted by atomic mass is 10.1. The van der Waals surface area contributed by atoms with Gasteiger partial charge in [0.05, 0.1) is 13.1 Å². The van der Waals surface area contributed by atoms with Gasteiger partial charge < -0.3 is 15.8 Å². The molecular weight excluding hydrogens is 204 g/mol. The Morgan fingerprint density at radius 3 is 3.19 bits per heavy atom. The Morgan fingerprint density at radius 1 is 1.62 bits per heavy atom.